The Kier molecular flexibility index (Phi) is 10.3. The maximum Gasteiger partial charge on any atom is 0.249 e. The van der Waals surface area contributed by atoms with E-state index in [1.165, 1.54) is 6.21 Å². The summed E-state index contributed by atoms with van der Waals surface area (Å²) in [7, 11) is 0. The topological polar surface area (TPSA) is 89.0 Å². The van der Waals surface area contributed by atoms with Crippen LogP contribution in [0.4, 0.5) is 5.69 Å². The molecular weight excluding hydrogens is 509 g/mol. The van der Waals surface area contributed by atoms with Gasteiger partial charge in [-0.05, 0) is 71.7 Å². The minimum atomic E-state index is -0.495. The average molecular weight is 537 g/mol. The zero-order chi connectivity index (χ0) is 22.6. The standard InChI is InChI=1S/C23H28IN3O4/c1-4-11-31-23-18(24)12-16(13-20(23)30-6-3)15-25-27-22(29)14-21(28)26-19-10-8-7-9-17(19)5-2/h7-10,12-13,15H,4-6,11,14H2,1-3H3,(H,26,28)(H,27,29). The molecule has 31 heavy (non-hydrogen) atoms. The quantitative estimate of drug-likeness (QED) is 0.191. The van der Waals surface area contributed by atoms with Crippen molar-refractivity contribution in [1.82, 2.24) is 5.43 Å². The van der Waals surface area contributed by atoms with Gasteiger partial charge in [-0.25, -0.2) is 5.43 Å². The van der Waals surface area contributed by atoms with Crippen LogP contribution in [-0.4, -0.2) is 31.2 Å². The van der Waals surface area contributed by atoms with E-state index in [4.69, 9.17) is 9.47 Å². The van der Waals surface area contributed by atoms with Crippen LogP contribution in [0.5, 0.6) is 11.5 Å². The van der Waals surface area contributed by atoms with Crippen LogP contribution in [-0.2, 0) is 16.0 Å². The lowest BCUT2D eigenvalue weighted by Crippen LogP contribution is -2.25. The number of para-hydroxylation sites is 1. The van der Waals surface area contributed by atoms with E-state index in [0.717, 1.165) is 33.2 Å². The highest BCUT2D eigenvalue weighted by molar-refractivity contribution is 14.1. The smallest absolute Gasteiger partial charge is 0.249 e. The summed E-state index contributed by atoms with van der Waals surface area (Å²) in [6.07, 6.45) is 2.88. The van der Waals surface area contributed by atoms with Gasteiger partial charge in [0.1, 0.15) is 6.42 Å². The van der Waals surface area contributed by atoms with Gasteiger partial charge in [0.2, 0.25) is 11.8 Å². The second kappa shape index (κ2) is 12.9. The van der Waals surface area contributed by atoms with Crippen LogP contribution in [0.1, 0.15) is 44.7 Å². The number of anilines is 1. The summed E-state index contributed by atoms with van der Waals surface area (Å²) in [5, 5.41) is 6.73. The zero-order valence-electron chi connectivity index (χ0n) is 18.0. The van der Waals surface area contributed by atoms with E-state index in [9.17, 15) is 9.59 Å². The highest BCUT2D eigenvalue weighted by Crippen LogP contribution is 2.34. The summed E-state index contributed by atoms with van der Waals surface area (Å²) in [6.45, 7) is 7.06. The molecule has 2 aromatic carbocycles. The lowest BCUT2D eigenvalue weighted by atomic mass is 10.1. The minimum absolute atomic E-state index is 0.319. The Bertz CT molecular complexity index is 931. The van der Waals surface area contributed by atoms with Gasteiger partial charge in [-0.3, -0.25) is 9.59 Å². The highest BCUT2D eigenvalue weighted by Gasteiger charge is 2.13. The van der Waals surface area contributed by atoms with Gasteiger partial charge in [-0.15, -0.1) is 0 Å². The molecule has 0 saturated carbocycles. The molecule has 2 aromatic rings. The Morgan fingerprint density at radius 2 is 1.87 bits per heavy atom. The van der Waals surface area contributed by atoms with Crippen molar-refractivity contribution in [3.63, 3.8) is 0 Å². The van der Waals surface area contributed by atoms with Gasteiger partial charge in [0.15, 0.2) is 11.5 Å². The van der Waals surface area contributed by atoms with Gasteiger partial charge in [0.25, 0.3) is 0 Å². The molecule has 2 amide bonds. The number of aryl methyl sites for hydroxylation is 1. The summed E-state index contributed by atoms with van der Waals surface area (Å²) >= 11 is 2.18. The average Bonchev–Trinajstić information content (AvgIpc) is 2.73. The largest absolute Gasteiger partial charge is 0.490 e. The fraction of sp³-hybridized carbons (Fsp3) is 0.348. The molecule has 7 nitrogen and oxygen atoms in total. The lowest BCUT2D eigenvalue weighted by molar-refractivity contribution is -0.126. The third-order valence-electron chi connectivity index (χ3n) is 4.18. The maximum absolute atomic E-state index is 12.2. The van der Waals surface area contributed by atoms with E-state index >= 15 is 0 Å². The molecule has 0 aromatic heterocycles. The molecule has 8 heteroatoms. The van der Waals surface area contributed by atoms with Crippen LogP contribution in [0.3, 0.4) is 0 Å². The van der Waals surface area contributed by atoms with Gasteiger partial charge < -0.3 is 14.8 Å². The highest BCUT2D eigenvalue weighted by atomic mass is 127. The summed E-state index contributed by atoms with van der Waals surface area (Å²) in [5.74, 6) is 0.448. The maximum atomic E-state index is 12.2. The molecule has 2 rings (SSSR count). The first-order valence-electron chi connectivity index (χ1n) is 10.3. The molecule has 0 aliphatic carbocycles. The number of carbonyl (C=O) groups excluding carboxylic acids is 2. The molecule has 0 unspecified atom stereocenters. The Labute approximate surface area is 196 Å². The van der Waals surface area contributed by atoms with Crippen LogP contribution in [0.15, 0.2) is 41.5 Å². The van der Waals surface area contributed by atoms with Gasteiger partial charge >= 0.3 is 0 Å². The van der Waals surface area contributed by atoms with Crippen molar-refractivity contribution in [2.75, 3.05) is 18.5 Å². The number of carbonyl (C=O) groups is 2. The Morgan fingerprint density at radius 3 is 2.58 bits per heavy atom. The van der Waals surface area contributed by atoms with Crippen LogP contribution in [0.25, 0.3) is 0 Å². The second-order valence-corrected chi connectivity index (χ2v) is 7.80. The number of nitrogens with zero attached hydrogens (tertiary/aromatic N) is 1. The van der Waals surface area contributed by atoms with Crippen molar-refractivity contribution < 1.29 is 19.1 Å². The summed E-state index contributed by atoms with van der Waals surface area (Å²) in [4.78, 5) is 24.2. The van der Waals surface area contributed by atoms with E-state index in [-0.39, 0.29) is 12.3 Å². The number of halogens is 1. The van der Waals surface area contributed by atoms with Crippen molar-refractivity contribution in [3.05, 3.63) is 51.1 Å². The molecule has 0 bridgehead atoms. The Balaban J connectivity index is 1.96. The Morgan fingerprint density at radius 1 is 1.10 bits per heavy atom. The third-order valence-corrected chi connectivity index (χ3v) is 4.98. The fourth-order valence-electron chi connectivity index (χ4n) is 2.78. The first-order valence-corrected chi connectivity index (χ1v) is 11.3. The SMILES string of the molecule is CCCOc1c(I)cc(C=NNC(=O)CC(=O)Nc2ccccc2CC)cc1OCC. The number of nitrogens with one attached hydrogen (secondary N) is 2. The predicted molar refractivity (Wildman–Crippen MR) is 131 cm³/mol. The molecule has 0 saturated heterocycles. The lowest BCUT2D eigenvalue weighted by Gasteiger charge is -2.14. The van der Waals surface area contributed by atoms with Crippen molar-refractivity contribution >= 4 is 46.3 Å². The van der Waals surface area contributed by atoms with E-state index in [1.807, 2.05) is 51.1 Å². The van der Waals surface area contributed by atoms with Crippen LogP contribution in [0, 0.1) is 3.57 Å². The number of rotatable bonds is 11. The number of amides is 2. The minimum Gasteiger partial charge on any atom is -0.490 e. The first kappa shape index (κ1) is 24.6. The fourth-order valence-corrected chi connectivity index (χ4v) is 3.56. The monoisotopic (exact) mass is 537 g/mol. The van der Waals surface area contributed by atoms with Gasteiger partial charge in [-0.1, -0.05) is 32.0 Å². The first-order chi connectivity index (χ1) is 15.0. The van der Waals surface area contributed by atoms with E-state index < -0.39 is 5.91 Å². The number of hydrogen-bond donors (Lipinski definition) is 2. The molecule has 0 heterocycles. The van der Waals surface area contributed by atoms with E-state index in [2.05, 4.69) is 38.4 Å². The molecule has 0 spiro atoms. The number of benzene rings is 2. The molecule has 0 atom stereocenters. The summed E-state index contributed by atoms with van der Waals surface area (Å²) < 4.78 is 12.4. The van der Waals surface area contributed by atoms with Crippen LogP contribution in [0.2, 0.25) is 0 Å². The number of hydrazone groups is 1. The van der Waals surface area contributed by atoms with Crippen molar-refractivity contribution in [3.8, 4) is 11.5 Å². The third kappa shape index (κ3) is 7.86. The summed E-state index contributed by atoms with van der Waals surface area (Å²) in [5.41, 5.74) is 4.87. The molecule has 2 N–H and O–H groups in total. The van der Waals surface area contributed by atoms with Crippen LogP contribution < -0.4 is 20.2 Å². The molecule has 0 radical (unpaired) electrons. The predicted octanol–water partition coefficient (Wildman–Crippen LogP) is 4.52. The van der Waals surface area contributed by atoms with Gasteiger partial charge in [0, 0.05) is 5.69 Å². The van der Waals surface area contributed by atoms with Crippen LogP contribution >= 0.6 is 22.6 Å². The molecule has 0 aliphatic rings. The zero-order valence-corrected chi connectivity index (χ0v) is 20.2. The number of hydrogen-bond acceptors (Lipinski definition) is 5. The van der Waals surface area contributed by atoms with Crippen molar-refractivity contribution in [2.45, 2.75) is 40.0 Å². The van der Waals surface area contributed by atoms with Crippen molar-refractivity contribution in [1.29, 1.82) is 0 Å². The second-order valence-electron chi connectivity index (χ2n) is 6.64. The Hall–Kier alpha value is -2.62. The van der Waals surface area contributed by atoms with Gasteiger partial charge in [-0.2, -0.15) is 5.10 Å². The van der Waals surface area contributed by atoms with Gasteiger partial charge in [0.05, 0.1) is 23.0 Å². The molecule has 166 valence electrons. The van der Waals surface area contributed by atoms with E-state index in [0.29, 0.717) is 24.7 Å². The van der Waals surface area contributed by atoms with E-state index in [1.54, 1.807) is 6.07 Å². The number of ether oxygens (including phenoxy) is 2. The normalized spacial score (nSPS) is 10.7. The molecule has 0 fully saturated rings. The molecule has 0 aliphatic heterocycles. The summed E-state index contributed by atoms with van der Waals surface area (Å²) in [6, 6.07) is 11.2. The van der Waals surface area contributed by atoms with Crippen molar-refractivity contribution in [2.24, 2.45) is 5.10 Å². The molecular formula is C23H28IN3O4.